The van der Waals surface area contributed by atoms with Crippen LogP contribution in [-0.2, 0) is 6.42 Å². The lowest BCUT2D eigenvalue weighted by Crippen LogP contribution is -2.39. The summed E-state index contributed by atoms with van der Waals surface area (Å²) in [5, 5.41) is 4.46. The van der Waals surface area contributed by atoms with Crippen LogP contribution < -0.4 is 0 Å². The second-order valence-electron chi connectivity index (χ2n) is 6.10. The molecular weight excluding hydrogens is 274 g/mol. The van der Waals surface area contributed by atoms with Gasteiger partial charge in [-0.15, -0.1) is 0 Å². The Bertz CT molecular complexity index is 648. The highest BCUT2D eigenvalue weighted by atomic mass is 16.2. The van der Waals surface area contributed by atoms with Crippen molar-refractivity contribution in [3.63, 3.8) is 0 Å². The van der Waals surface area contributed by atoms with Crippen LogP contribution in [0.5, 0.6) is 0 Å². The van der Waals surface area contributed by atoms with Crippen molar-refractivity contribution in [1.82, 2.24) is 14.7 Å². The van der Waals surface area contributed by atoms with E-state index in [1.54, 1.807) is 6.20 Å². The molecular formula is C18H23N3O. The maximum absolute atomic E-state index is 12.8. The van der Waals surface area contributed by atoms with Crippen LogP contribution in [0.1, 0.15) is 42.7 Å². The number of piperidine rings is 1. The van der Waals surface area contributed by atoms with Gasteiger partial charge in [0.1, 0.15) is 0 Å². The molecule has 1 saturated heterocycles. The number of aromatic nitrogens is 2. The molecule has 0 radical (unpaired) electrons. The third-order valence-corrected chi connectivity index (χ3v) is 4.38. The zero-order chi connectivity index (χ0) is 15.5. The van der Waals surface area contributed by atoms with Crippen molar-refractivity contribution in [1.29, 1.82) is 0 Å². The number of amides is 1. The molecule has 0 saturated carbocycles. The normalized spacial score (nSPS) is 18.5. The van der Waals surface area contributed by atoms with Gasteiger partial charge in [-0.1, -0.05) is 32.0 Å². The zero-order valence-electron chi connectivity index (χ0n) is 13.3. The van der Waals surface area contributed by atoms with Gasteiger partial charge in [-0.3, -0.25) is 4.79 Å². The standard InChI is InChI=1S/C18H23N3O/c1-3-17-16(18(22)20-11-7-8-14(2)13-20)12-19-21(17)15-9-5-4-6-10-15/h4-6,9-10,12,14H,3,7-8,11,13H2,1-2H3. The number of carbonyl (C=O) groups is 1. The largest absolute Gasteiger partial charge is 0.338 e. The molecule has 1 fully saturated rings. The first-order valence-corrected chi connectivity index (χ1v) is 8.12. The SMILES string of the molecule is CCc1c(C(=O)N2CCCC(C)C2)cnn1-c1ccccc1. The number of likely N-dealkylation sites (tertiary alicyclic amines) is 1. The summed E-state index contributed by atoms with van der Waals surface area (Å²) >= 11 is 0. The Hall–Kier alpha value is -2.10. The Labute approximate surface area is 131 Å². The summed E-state index contributed by atoms with van der Waals surface area (Å²) in [6.45, 7) is 6.01. The smallest absolute Gasteiger partial charge is 0.257 e. The van der Waals surface area contributed by atoms with Gasteiger partial charge < -0.3 is 4.90 Å². The van der Waals surface area contributed by atoms with Crippen molar-refractivity contribution in [3.8, 4) is 5.69 Å². The summed E-state index contributed by atoms with van der Waals surface area (Å²) in [5.74, 6) is 0.720. The Morgan fingerprint density at radius 1 is 1.32 bits per heavy atom. The summed E-state index contributed by atoms with van der Waals surface area (Å²) in [6.07, 6.45) is 4.83. The van der Waals surface area contributed by atoms with Crippen LogP contribution in [0.25, 0.3) is 5.69 Å². The van der Waals surface area contributed by atoms with Crippen molar-refractivity contribution >= 4 is 5.91 Å². The van der Waals surface area contributed by atoms with Crippen LogP contribution in [0, 0.1) is 5.92 Å². The van der Waals surface area contributed by atoms with E-state index in [9.17, 15) is 4.79 Å². The molecule has 4 nitrogen and oxygen atoms in total. The first-order valence-electron chi connectivity index (χ1n) is 8.12. The molecule has 0 bridgehead atoms. The molecule has 1 amide bonds. The van der Waals surface area contributed by atoms with Gasteiger partial charge in [-0.05, 0) is 37.3 Å². The van der Waals surface area contributed by atoms with Crippen LogP contribution in [-0.4, -0.2) is 33.7 Å². The molecule has 1 aromatic heterocycles. The van der Waals surface area contributed by atoms with E-state index in [1.165, 1.54) is 6.42 Å². The maximum atomic E-state index is 12.8. The predicted molar refractivity (Wildman–Crippen MR) is 87.2 cm³/mol. The van der Waals surface area contributed by atoms with Gasteiger partial charge in [-0.2, -0.15) is 5.10 Å². The van der Waals surface area contributed by atoms with E-state index in [1.807, 2.05) is 39.9 Å². The molecule has 0 N–H and O–H groups in total. The second-order valence-corrected chi connectivity index (χ2v) is 6.10. The number of hydrogen-bond acceptors (Lipinski definition) is 2. The zero-order valence-corrected chi connectivity index (χ0v) is 13.3. The monoisotopic (exact) mass is 297 g/mol. The van der Waals surface area contributed by atoms with Crippen LogP contribution in [0.2, 0.25) is 0 Å². The first-order chi connectivity index (χ1) is 10.7. The van der Waals surface area contributed by atoms with Crippen molar-refractivity contribution in [2.75, 3.05) is 13.1 Å². The highest BCUT2D eigenvalue weighted by Gasteiger charge is 2.25. The lowest BCUT2D eigenvalue weighted by molar-refractivity contribution is 0.0682. The minimum Gasteiger partial charge on any atom is -0.338 e. The highest BCUT2D eigenvalue weighted by molar-refractivity contribution is 5.95. The van der Waals surface area contributed by atoms with E-state index < -0.39 is 0 Å². The van der Waals surface area contributed by atoms with Crippen LogP contribution in [0.4, 0.5) is 0 Å². The molecule has 3 rings (SSSR count). The first kappa shape index (κ1) is 14.8. The summed E-state index contributed by atoms with van der Waals surface area (Å²) < 4.78 is 1.89. The molecule has 0 aliphatic carbocycles. The highest BCUT2D eigenvalue weighted by Crippen LogP contribution is 2.21. The lowest BCUT2D eigenvalue weighted by atomic mass is 9.99. The minimum absolute atomic E-state index is 0.130. The molecule has 2 aromatic rings. The van der Waals surface area contributed by atoms with E-state index in [0.29, 0.717) is 5.92 Å². The Morgan fingerprint density at radius 3 is 2.77 bits per heavy atom. The van der Waals surface area contributed by atoms with Crippen LogP contribution in [0.15, 0.2) is 36.5 Å². The third kappa shape index (κ3) is 2.78. The number of nitrogens with zero attached hydrogens (tertiary/aromatic N) is 3. The molecule has 22 heavy (non-hydrogen) atoms. The fourth-order valence-electron chi connectivity index (χ4n) is 3.23. The van der Waals surface area contributed by atoms with E-state index in [0.717, 1.165) is 42.9 Å². The van der Waals surface area contributed by atoms with Gasteiger partial charge in [0.05, 0.1) is 23.1 Å². The quantitative estimate of drug-likeness (QED) is 0.871. The van der Waals surface area contributed by atoms with Crippen molar-refractivity contribution in [2.24, 2.45) is 5.92 Å². The molecule has 4 heteroatoms. The van der Waals surface area contributed by atoms with E-state index in [-0.39, 0.29) is 5.91 Å². The molecule has 1 aromatic carbocycles. The van der Waals surface area contributed by atoms with Gasteiger partial charge in [0.2, 0.25) is 0 Å². The van der Waals surface area contributed by atoms with Crippen molar-refractivity contribution in [3.05, 3.63) is 47.8 Å². The van der Waals surface area contributed by atoms with E-state index >= 15 is 0 Å². The van der Waals surface area contributed by atoms with Gasteiger partial charge in [0.15, 0.2) is 0 Å². The van der Waals surface area contributed by atoms with Crippen LogP contribution >= 0.6 is 0 Å². The minimum atomic E-state index is 0.130. The summed E-state index contributed by atoms with van der Waals surface area (Å²) in [7, 11) is 0. The Kier molecular flexibility index (Phi) is 4.27. The Balaban J connectivity index is 1.91. The molecule has 1 aliphatic heterocycles. The van der Waals surface area contributed by atoms with Gasteiger partial charge in [0, 0.05) is 13.1 Å². The predicted octanol–water partition coefficient (Wildman–Crippen LogP) is 3.31. The van der Waals surface area contributed by atoms with Gasteiger partial charge in [-0.25, -0.2) is 4.68 Å². The fraction of sp³-hybridized carbons (Fsp3) is 0.444. The van der Waals surface area contributed by atoms with Gasteiger partial charge >= 0.3 is 0 Å². The molecule has 1 atom stereocenters. The molecule has 1 aliphatic rings. The van der Waals surface area contributed by atoms with Gasteiger partial charge in [0.25, 0.3) is 5.91 Å². The van der Waals surface area contributed by atoms with Crippen molar-refractivity contribution < 1.29 is 4.79 Å². The summed E-state index contributed by atoms with van der Waals surface area (Å²) in [6, 6.07) is 10.0. The molecule has 2 heterocycles. The number of rotatable bonds is 3. The molecule has 0 spiro atoms. The average Bonchev–Trinajstić information content (AvgIpc) is 2.98. The topological polar surface area (TPSA) is 38.1 Å². The maximum Gasteiger partial charge on any atom is 0.257 e. The molecule has 1 unspecified atom stereocenters. The summed E-state index contributed by atoms with van der Waals surface area (Å²) in [4.78, 5) is 14.8. The lowest BCUT2D eigenvalue weighted by Gasteiger charge is -2.30. The number of para-hydroxylation sites is 1. The summed E-state index contributed by atoms with van der Waals surface area (Å²) in [5.41, 5.74) is 2.75. The number of hydrogen-bond donors (Lipinski definition) is 0. The fourth-order valence-corrected chi connectivity index (χ4v) is 3.23. The third-order valence-electron chi connectivity index (χ3n) is 4.38. The number of benzene rings is 1. The second kappa shape index (κ2) is 6.34. The Morgan fingerprint density at radius 2 is 2.09 bits per heavy atom. The van der Waals surface area contributed by atoms with E-state index in [4.69, 9.17) is 0 Å². The van der Waals surface area contributed by atoms with Crippen molar-refractivity contribution in [2.45, 2.75) is 33.1 Å². The van der Waals surface area contributed by atoms with Crippen LogP contribution in [0.3, 0.4) is 0 Å². The van der Waals surface area contributed by atoms with E-state index in [2.05, 4.69) is 18.9 Å². The average molecular weight is 297 g/mol. The molecule has 116 valence electrons. The number of carbonyl (C=O) groups excluding carboxylic acids is 1.